The summed E-state index contributed by atoms with van der Waals surface area (Å²) in [5.74, 6) is 0.919. The monoisotopic (exact) mass is 358 g/mol. The molecule has 25 heavy (non-hydrogen) atoms. The van der Waals surface area contributed by atoms with Crippen LogP contribution in [0.3, 0.4) is 0 Å². The fourth-order valence-electron chi connectivity index (χ4n) is 2.72. The number of carbonyl (C=O) groups excluding carboxylic acids is 1. The van der Waals surface area contributed by atoms with E-state index in [1.807, 2.05) is 24.3 Å². The molecule has 1 aromatic carbocycles. The van der Waals surface area contributed by atoms with Crippen molar-refractivity contribution in [2.24, 2.45) is 0 Å². The highest BCUT2D eigenvalue weighted by molar-refractivity contribution is 7.15. The molecule has 2 aromatic heterocycles. The van der Waals surface area contributed by atoms with Gasteiger partial charge in [-0.05, 0) is 12.5 Å². The lowest BCUT2D eigenvalue weighted by Crippen LogP contribution is -2.31. The Morgan fingerprint density at radius 2 is 2.08 bits per heavy atom. The highest BCUT2D eigenvalue weighted by atomic mass is 32.1. The van der Waals surface area contributed by atoms with Gasteiger partial charge in [0.1, 0.15) is 16.4 Å². The van der Waals surface area contributed by atoms with E-state index in [0.717, 1.165) is 46.6 Å². The van der Waals surface area contributed by atoms with Crippen LogP contribution >= 0.6 is 11.3 Å². The van der Waals surface area contributed by atoms with E-state index in [2.05, 4.69) is 29.4 Å². The van der Waals surface area contributed by atoms with Crippen molar-refractivity contribution in [1.82, 2.24) is 15.1 Å². The molecule has 0 spiro atoms. The fourth-order valence-corrected chi connectivity index (χ4v) is 3.55. The van der Waals surface area contributed by atoms with Crippen LogP contribution in [-0.4, -0.2) is 28.2 Å². The van der Waals surface area contributed by atoms with Crippen LogP contribution in [0.4, 0.5) is 9.93 Å². The summed E-state index contributed by atoms with van der Waals surface area (Å²) in [7, 11) is 1.77. The first-order valence-corrected chi connectivity index (χ1v) is 9.27. The molecule has 3 aromatic rings. The Labute approximate surface area is 150 Å². The van der Waals surface area contributed by atoms with E-state index < -0.39 is 0 Å². The van der Waals surface area contributed by atoms with Crippen LogP contribution in [0.1, 0.15) is 36.6 Å². The number of amides is 2. The Morgan fingerprint density at radius 3 is 2.84 bits per heavy atom. The first kappa shape index (κ1) is 17.4. The summed E-state index contributed by atoms with van der Waals surface area (Å²) in [6, 6.07) is 7.72. The van der Waals surface area contributed by atoms with Gasteiger partial charge in [-0.1, -0.05) is 43.4 Å². The van der Waals surface area contributed by atoms with E-state index in [1.165, 1.54) is 11.3 Å². The van der Waals surface area contributed by atoms with E-state index >= 15 is 0 Å². The molecule has 2 heterocycles. The topological polar surface area (TPSA) is 71.3 Å². The van der Waals surface area contributed by atoms with Gasteiger partial charge in [0, 0.05) is 30.8 Å². The molecule has 0 aliphatic heterocycles. The SMILES string of the molecule is CCCc1nnc(NC(=O)N(C)Cc2c(CC)oc3ccccc23)s1. The predicted octanol–water partition coefficient (Wildman–Crippen LogP) is 4.46. The molecular formula is C18H22N4O2S. The fraction of sp³-hybridized carbons (Fsp3) is 0.389. The third-order valence-electron chi connectivity index (χ3n) is 3.99. The van der Waals surface area contributed by atoms with Gasteiger partial charge in [-0.2, -0.15) is 0 Å². The van der Waals surface area contributed by atoms with Gasteiger partial charge in [-0.3, -0.25) is 5.32 Å². The van der Waals surface area contributed by atoms with Gasteiger partial charge in [-0.15, -0.1) is 10.2 Å². The van der Waals surface area contributed by atoms with Crippen LogP contribution in [0.5, 0.6) is 0 Å². The first-order chi connectivity index (χ1) is 12.1. The van der Waals surface area contributed by atoms with E-state index in [9.17, 15) is 4.79 Å². The zero-order chi connectivity index (χ0) is 17.8. The van der Waals surface area contributed by atoms with Crippen LogP contribution in [0, 0.1) is 0 Å². The Kier molecular flexibility index (Phi) is 5.33. The van der Waals surface area contributed by atoms with Crippen LogP contribution < -0.4 is 5.32 Å². The Morgan fingerprint density at radius 1 is 1.28 bits per heavy atom. The molecule has 0 bridgehead atoms. The molecule has 0 radical (unpaired) electrons. The smallest absolute Gasteiger partial charge is 0.323 e. The maximum atomic E-state index is 12.5. The number of para-hydroxylation sites is 1. The third kappa shape index (κ3) is 3.82. The molecule has 2 amide bonds. The lowest BCUT2D eigenvalue weighted by Gasteiger charge is -2.17. The summed E-state index contributed by atoms with van der Waals surface area (Å²) in [6.07, 6.45) is 2.68. The second-order valence-corrected chi connectivity index (χ2v) is 6.95. The first-order valence-electron chi connectivity index (χ1n) is 8.46. The quantitative estimate of drug-likeness (QED) is 0.706. The summed E-state index contributed by atoms with van der Waals surface area (Å²) in [4.78, 5) is 14.1. The number of rotatable bonds is 6. The molecule has 0 saturated carbocycles. The Balaban J connectivity index is 1.73. The van der Waals surface area contributed by atoms with E-state index in [0.29, 0.717) is 11.7 Å². The number of nitrogens with zero attached hydrogens (tertiary/aromatic N) is 3. The van der Waals surface area contributed by atoms with Crippen molar-refractivity contribution >= 4 is 33.5 Å². The van der Waals surface area contributed by atoms with Crippen molar-refractivity contribution in [2.45, 2.75) is 39.7 Å². The van der Waals surface area contributed by atoms with Crippen molar-refractivity contribution in [3.8, 4) is 0 Å². The molecular weight excluding hydrogens is 336 g/mol. The molecule has 0 saturated heterocycles. The number of urea groups is 1. The molecule has 6 nitrogen and oxygen atoms in total. The third-order valence-corrected chi connectivity index (χ3v) is 4.89. The summed E-state index contributed by atoms with van der Waals surface area (Å²) in [5, 5.41) is 13.5. The number of furan rings is 1. The van der Waals surface area contributed by atoms with Gasteiger partial charge in [-0.25, -0.2) is 4.79 Å². The minimum Gasteiger partial charge on any atom is -0.461 e. The maximum absolute atomic E-state index is 12.5. The van der Waals surface area contributed by atoms with Gasteiger partial charge < -0.3 is 9.32 Å². The Bertz CT molecular complexity index is 871. The molecule has 1 N–H and O–H groups in total. The van der Waals surface area contributed by atoms with Crippen molar-refractivity contribution < 1.29 is 9.21 Å². The number of nitrogens with one attached hydrogen (secondary N) is 1. The van der Waals surface area contributed by atoms with Crippen molar-refractivity contribution in [1.29, 1.82) is 0 Å². The predicted molar refractivity (Wildman–Crippen MR) is 100.0 cm³/mol. The molecule has 132 valence electrons. The highest BCUT2D eigenvalue weighted by Crippen LogP contribution is 2.27. The van der Waals surface area contributed by atoms with Crippen molar-refractivity contribution in [2.75, 3.05) is 12.4 Å². The van der Waals surface area contributed by atoms with Gasteiger partial charge >= 0.3 is 6.03 Å². The molecule has 0 fully saturated rings. The highest BCUT2D eigenvalue weighted by Gasteiger charge is 2.18. The normalized spacial score (nSPS) is 11.0. The summed E-state index contributed by atoms with van der Waals surface area (Å²) in [6.45, 7) is 4.62. The summed E-state index contributed by atoms with van der Waals surface area (Å²) in [5.41, 5.74) is 1.91. The number of carbonyl (C=O) groups is 1. The summed E-state index contributed by atoms with van der Waals surface area (Å²) < 4.78 is 5.90. The number of aromatic nitrogens is 2. The van der Waals surface area contributed by atoms with Gasteiger partial charge in [0.05, 0.1) is 6.54 Å². The van der Waals surface area contributed by atoms with Crippen LogP contribution in [0.15, 0.2) is 28.7 Å². The molecule has 3 rings (SSSR count). The standard InChI is InChI=1S/C18H22N4O2S/c1-4-8-16-20-21-17(25-16)19-18(23)22(3)11-13-12-9-6-7-10-15(12)24-14(13)5-2/h6-7,9-10H,4-5,8,11H2,1-3H3,(H,19,21,23). The average Bonchev–Trinajstić information content (AvgIpc) is 3.19. The van der Waals surface area contributed by atoms with Gasteiger partial charge in [0.2, 0.25) is 5.13 Å². The second kappa shape index (κ2) is 7.65. The number of hydrogen-bond acceptors (Lipinski definition) is 5. The lowest BCUT2D eigenvalue weighted by atomic mass is 10.1. The molecule has 7 heteroatoms. The maximum Gasteiger partial charge on any atom is 0.323 e. The lowest BCUT2D eigenvalue weighted by molar-refractivity contribution is 0.220. The zero-order valence-electron chi connectivity index (χ0n) is 14.7. The van der Waals surface area contributed by atoms with E-state index in [-0.39, 0.29) is 6.03 Å². The molecule has 0 aliphatic rings. The van der Waals surface area contributed by atoms with E-state index in [1.54, 1.807) is 11.9 Å². The number of anilines is 1. The van der Waals surface area contributed by atoms with Gasteiger partial charge in [0.15, 0.2) is 0 Å². The van der Waals surface area contributed by atoms with Crippen molar-refractivity contribution in [3.05, 3.63) is 40.6 Å². The number of hydrogen-bond donors (Lipinski definition) is 1. The van der Waals surface area contributed by atoms with Crippen molar-refractivity contribution in [3.63, 3.8) is 0 Å². The minimum absolute atomic E-state index is 0.202. The van der Waals surface area contributed by atoms with Crippen LogP contribution in [0.25, 0.3) is 11.0 Å². The van der Waals surface area contributed by atoms with Crippen LogP contribution in [0.2, 0.25) is 0 Å². The van der Waals surface area contributed by atoms with Gasteiger partial charge in [0.25, 0.3) is 0 Å². The Hall–Kier alpha value is -2.41. The van der Waals surface area contributed by atoms with E-state index in [4.69, 9.17) is 4.42 Å². The summed E-state index contributed by atoms with van der Waals surface area (Å²) >= 11 is 1.42. The minimum atomic E-state index is -0.202. The number of fused-ring (bicyclic) bond motifs is 1. The average molecular weight is 358 g/mol. The molecule has 0 unspecified atom stereocenters. The molecule has 0 atom stereocenters. The molecule has 0 aliphatic carbocycles. The largest absolute Gasteiger partial charge is 0.461 e. The van der Waals surface area contributed by atoms with Crippen LogP contribution in [-0.2, 0) is 19.4 Å². The number of benzene rings is 1. The number of aryl methyl sites for hydroxylation is 2. The second-order valence-electron chi connectivity index (χ2n) is 5.89. The zero-order valence-corrected chi connectivity index (χ0v) is 15.5.